The van der Waals surface area contributed by atoms with Crippen molar-refractivity contribution < 1.29 is 19.4 Å². The lowest BCUT2D eigenvalue weighted by Gasteiger charge is -2.27. The van der Waals surface area contributed by atoms with Gasteiger partial charge in [0.15, 0.2) is 5.54 Å². The molecule has 96 valence electrons. The van der Waals surface area contributed by atoms with E-state index in [0.717, 1.165) is 5.56 Å². The number of carboxylic acids is 1. The van der Waals surface area contributed by atoms with Crippen LogP contribution < -0.4 is 0 Å². The highest BCUT2D eigenvalue weighted by atomic mass is 35.5. The fourth-order valence-electron chi connectivity index (χ4n) is 1.75. The molecule has 1 unspecified atom stereocenters. The van der Waals surface area contributed by atoms with E-state index in [1.807, 2.05) is 0 Å². The number of aliphatic carboxylic acids is 1. The molecule has 0 aromatic heterocycles. The van der Waals surface area contributed by atoms with Gasteiger partial charge in [0.2, 0.25) is 0 Å². The summed E-state index contributed by atoms with van der Waals surface area (Å²) in [6.07, 6.45) is -0.616. The molecular formula is C12H12ClNO4. The third kappa shape index (κ3) is 2.13. The van der Waals surface area contributed by atoms with Crippen molar-refractivity contribution in [2.45, 2.75) is 19.0 Å². The number of halogens is 1. The number of rotatable bonds is 3. The fourth-order valence-corrected chi connectivity index (χ4v) is 1.87. The number of carboxylic acid groups (broad SMARTS) is 1. The van der Waals surface area contributed by atoms with Gasteiger partial charge in [0.25, 0.3) is 0 Å². The van der Waals surface area contributed by atoms with Crippen LogP contribution in [0.4, 0.5) is 4.79 Å². The van der Waals surface area contributed by atoms with Crippen molar-refractivity contribution in [3.05, 3.63) is 34.9 Å². The Morgan fingerprint density at radius 2 is 2.11 bits per heavy atom. The molecule has 1 heterocycles. The monoisotopic (exact) mass is 269 g/mol. The van der Waals surface area contributed by atoms with Crippen LogP contribution in [0.2, 0.25) is 5.02 Å². The van der Waals surface area contributed by atoms with E-state index < -0.39 is 17.6 Å². The van der Waals surface area contributed by atoms with E-state index >= 15 is 0 Å². The molecule has 0 radical (unpaired) electrons. The summed E-state index contributed by atoms with van der Waals surface area (Å²) in [5.41, 5.74) is -0.526. The molecule has 1 fully saturated rings. The summed E-state index contributed by atoms with van der Waals surface area (Å²) in [7, 11) is 0. The van der Waals surface area contributed by atoms with Gasteiger partial charge in [-0.15, -0.1) is 0 Å². The van der Waals surface area contributed by atoms with Crippen LogP contribution in [0.25, 0.3) is 0 Å². The van der Waals surface area contributed by atoms with Crippen LogP contribution in [0.15, 0.2) is 24.3 Å². The first-order valence-corrected chi connectivity index (χ1v) is 5.73. The number of cyclic esters (lactones) is 1. The van der Waals surface area contributed by atoms with E-state index in [1.165, 1.54) is 11.8 Å². The molecule has 1 N–H and O–H groups in total. The smallest absolute Gasteiger partial charge is 0.411 e. The molecule has 1 aliphatic rings. The molecule has 1 aromatic carbocycles. The van der Waals surface area contributed by atoms with Gasteiger partial charge in [0.1, 0.15) is 6.61 Å². The highest BCUT2D eigenvalue weighted by molar-refractivity contribution is 6.30. The molecule has 1 saturated heterocycles. The molecule has 0 saturated carbocycles. The first-order chi connectivity index (χ1) is 8.43. The predicted molar refractivity (Wildman–Crippen MR) is 64.4 cm³/mol. The summed E-state index contributed by atoms with van der Waals surface area (Å²) < 4.78 is 4.82. The van der Waals surface area contributed by atoms with Crippen molar-refractivity contribution in [1.82, 2.24) is 4.90 Å². The van der Waals surface area contributed by atoms with Gasteiger partial charge in [-0.05, 0) is 24.6 Å². The zero-order valence-corrected chi connectivity index (χ0v) is 10.5. The van der Waals surface area contributed by atoms with Gasteiger partial charge in [0.05, 0.1) is 6.54 Å². The van der Waals surface area contributed by atoms with Crippen molar-refractivity contribution in [2.75, 3.05) is 6.61 Å². The third-order valence-corrected chi connectivity index (χ3v) is 3.26. The normalized spacial score (nSPS) is 23.0. The Hall–Kier alpha value is -1.75. The lowest BCUT2D eigenvalue weighted by Crippen LogP contribution is -2.50. The minimum Gasteiger partial charge on any atom is -0.479 e. The van der Waals surface area contributed by atoms with E-state index in [9.17, 15) is 14.7 Å². The van der Waals surface area contributed by atoms with Gasteiger partial charge in [-0.2, -0.15) is 0 Å². The van der Waals surface area contributed by atoms with E-state index in [0.29, 0.717) is 5.02 Å². The van der Waals surface area contributed by atoms with Gasteiger partial charge in [-0.3, -0.25) is 4.90 Å². The molecule has 0 spiro atoms. The second kappa shape index (κ2) is 4.49. The number of nitrogens with zero attached hydrogens (tertiary/aromatic N) is 1. The summed E-state index contributed by atoms with van der Waals surface area (Å²) in [4.78, 5) is 24.0. The van der Waals surface area contributed by atoms with Crippen LogP contribution >= 0.6 is 11.6 Å². The first kappa shape index (κ1) is 12.7. The van der Waals surface area contributed by atoms with E-state index in [-0.39, 0.29) is 13.2 Å². The van der Waals surface area contributed by atoms with Gasteiger partial charge in [-0.1, -0.05) is 23.7 Å². The SMILES string of the molecule is CC1(C(=O)O)COC(=O)N1Cc1ccc(Cl)cc1. The number of hydrogen-bond donors (Lipinski definition) is 1. The molecule has 18 heavy (non-hydrogen) atoms. The molecule has 1 amide bonds. The number of ether oxygens (including phenoxy) is 1. The molecule has 0 bridgehead atoms. The summed E-state index contributed by atoms with van der Waals surface area (Å²) >= 11 is 5.76. The average Bonchev–Trinajstić information content (AvgIpc) is 2.61. The lowest BCUT2D eigenvalue weighted by atomic mass is 10.0. The maximum Gasteiger partial charge on any atom is 0.411 e. The summed E-state index contributed by atoms with van der Waals surface area (Å²) in [6.45, 7) is 1.50. The van der Waals surface area contributed by atoms with Crippen molar-refractivity contribution in [3.63, 3.8) is 0 Å². The second-order valence-electron chi connectivity index (χ2n) is 4.35. The highest BCUT2D eigenvalue weighted by Gasteiger charge is 2.49. The van der Waals surface area contributed by atoms with Crippen molar-refractivity contribution >= 4 is 23.7 Å². The van der Waals surface area contributed by atoms with Gasteiger partial charge >= 0.3 is 12.1 Å². The number of hydrogen-bond acceptors (Lipinski definition) is 3. The molecule has 1 aliphatic heterocycles. The summed E-state index contributed by atoms with van der Waals surface area (Å²) in [6, 6.07) is 6.87. The average molecular weight is 270 g/mol. The van der Waals surface area contributed by atoms with Crippen molar-refractivity contribution in [2.24, 2.45) is 0 Å². The van der Waals surface area contributed by atoms with E-state index in [1.54, 1.807) is 24.3 Å². The topological polar surface area (TPSA) is 66.8 Å². The molecule has 6 heteroatoms. The Morgan fingerprint density at radius 3 is 2.67 bits per heavy atom. The Labute approximate surface area is 109 Å². The van der Waals surface area contributed by atoms with E-state index in [4.69, 9.17) is 16.3 Å². The molecular weight excluding hydrogens is 258 g/mol. The van der Waals surface area contributed by atoms with Gasteiger partial charge in [0, 0.05) is 5.02 Å². The lowest BCUT2D eigenvalue weighted by molar-refractivity contribution is -0.147. The molecule has 2 rings (SSSR count). The van der Waals surface area contributed by atoms with Gasteiger partial charge in [-0.25, -0.2) is 9.59 Å². The number of amides is 1. The molecule has 1 atom stereocenters. The minimum atomic E-state index is -1.32. The maximum absolute atomic E-state index is 11.6. The Balaban J connectivity index is 2.23. The fraction of sp³-hybridized carbons (Fsp3) is 0.333. The van der Waals surface area contributed by atoms with Crippen LogP contribution in [-0.4, -0.2) is 34.2 Å². The van der Waals surface area contributed by atoms with Crippen LogP contribution in [-0.2, 0) is 16.1 Å². The quantitative estimate of drug-likeness (QED) is 0.913. The predicted octanol–water partition coefficient (Wildman–Crippen LogP) is 2.14. The van der Waals surface area contributed by atoms with Crippen molar-refractivity contribution in [3.8, 4) is 0 Å². The van der Waals surface area contributed by atoms with Crippen LogP contribution in [0.3, 0.4) is 0 Å². The minimum absolute atomic E-state index is 0.144. The van der Waals surface area contributed by atoms with Crippen LogP contribution in [0, 0.1) is 0 Å². The molecule has 0 aliphatic carbocycles. The highest BCUT2D eigenvalue weighted by Crippen LogP contribution is 2.27. The Morgan fingerprint density at radius 1 is 1.50 bits per heavy atom. The second-order valence-corrected chi connectivity index (χ2v) is 4.78. The number of carbonyl (C=O) groups excluding carboxylic acids is 1. The van der Waals surface area contributed by atoms with E-state index in [2.05, 4.69) is 0 Å². The molecule has 5 nitrogen and oxygen atoms in total. The molecule has 1 aromatic rings. The zero-order chi connectivity index (χ0) is 13.3. The Bertz CT molecular complexity index is 487. The van der Waals surface area contributed by atoms with Crippen LogP contribution in [0.1, 0.15) is 12.5 Å². The summed E-state index contributed by atoms with van der Waals surface area (Å²) in [5, 5.41) is 9.77. The van der Waals surface area contributed by atoms with Crippen molar-refractivity contribution in [1.29, 1.82) is 0 Å². The Kier molecular flexibility index (Phi) is 3.17. The third-order valence-electron chi connectivity index (χ3n) is 3.01. The number of benzene rings is 1. The summed E-state index contributed by atoms with van der Waals surface area (Å²) in [5.74, 6) is -1.08. The standard InChI is InChI=1S/C12H12ClNO4/c1-12(10(15)16)7-18-11(17)14(12)6-8-2-4-9(13)5-3-8/h2-5H,6-7H2,1H3,(H,15,16). The largest absolute Gasteiger partial charge is 0.479 e. The maximum atomic E-state index is 11.6. The van der Waals surface area contributed by atoms with Crippen LogP contribution in [0.5, 0.6) is 0 Å². The number of carbonyl (C=O) groups is 2. The van der Waals surface area contributed by atoms with Gasteiger partial charge < -0.3 is 9.84 Å². The first-order valence-electron chi connectivity index (χ1n) is 5.36. The zero-order valence-electron chi connectivity index (χ0n) is 9.72.